The summed E-state index contributed by atoms with van der Waals surface area (Å²) in [5.74, 6) is 0.544. The number of carbonyl (C=O) groups excluding carboxylic acids is 1. The molecule has 0 radical (unpaired) electrons. The van der Waals surface area contributed by atoms with Gasteiger partial charge in [0.25, 0.3) is 5.91 Å². The minimum Gasteiger partial charge on any atom is -0.493 e. The molecule has 0 unspecified atom stereocenters. The third kappa shape index (κ3) is 6.72. The number of nitrogens with zero attached hydrogens (tertiary/aromatic N) is 2. The molecule has 0 spiro atoms. The van der Waals surface area contributed by atoms with Crippen LogP contribution in [0.4, 0.5) is 0 Å². The van der Waals surface area contributed by atoms with Crippen LogP contribution in [0.5, 0.6) is 11.5 Å². The summed E-state index contributed by atoms with van der Waals surface area (Å²) in [7, 11) is 1.52. The van der Waals surface area contributed by atoms with Crippen molar-refractivity contribution in [3.63, 3.8) is 0 Å². The zero-order valence-corrected chi connectivity index (χ0v) is 19.0. The van der Waals surface area contributed by atoms with Gasteiger partial charge in [0.15, 0.2) is 11.5 Å². The fraction of sp³-hybridized carbons (Fsp3) is 0.179. The van der Waals surface area contributed by atoms with E-state index in [0.717, 1.165) is 18.4 Å². The van der Waals surface area contributed by atoms with Crippen molar-refractivity contribution in [3.8, 4) is 23.6 Å². The quantitative estimate of drug-likeness (QED) is 0.271. The van der Waals surface area contributed by atoms with Gasteiger partial charge in [-0.15, -0.1) is 0 Å². The Morgan fingerprint density at radius 3 is 2.50 bits per heavy atom. The lowest BCUT2D eigenvalue weighted by atomic mass is 10.1. The van der Waals surface area contributed by atoms with Gasteiger partial charge < -0.3 is 14.8 Å². The first-order valence-corrected chi connectivity index (χ1v) is 10.9. The Hall–Kier alpha value is -4.55. The Bertz CT molecular complexity index is 1240. The van der Waals surface area contributed by atoms with Gasteiger partial charge in [-0.2, -0.15) is 10.5 Å². The second-order valence-electron chi connectivity index (χ2n) is 7.48. The number of hydrogen-bond acceptors (Lipinski definition) is 5. The molecule has 0 aliphatic carbocycles. The van der Waals surface area contributed by atoms with E-state index in [2.05, 4.69) is 11.4 Å². The molecule has 6 nitrogen and oxygen atoms in total. The number of hydrogen-bond donors (Lipinski definition) is 1. The first-order chi connectivity index (χ1) is 16.6. The smallest absolute Gasteiger partial charge is 0.261 e. The van der Waals surface area contributed by atoms with Gasteiger partial charge in [-0.1, -0.05) is 54.6 Å². The summed E-state index contributed by atoms with van der Waals surface area (Å²) in [6.07, 6.45) is 3.15. The largest absolute Gasteiger partial charge is 0.493 e. The maximum absolute atomic E-state index is 12.4. The van der Waals surface area contributed by atoms with E-state index in [-0.39, 0.29) is 12.2 Å². The van der Waals surface area contributed by atoms with E-state index in [1.54, 1.807) is 30.3 Å². The molecule has 3 aromatic rings. The van der Waals surface area contributed by atoms with Crippen LogP contribution in [0.2, 0.25) is 0 Å². The van der Waals surface area contributed by atoms with Crippen LogP contribution in [0, 0.1) is 22.7 Å². The average molecular weight is 452 g/mol. The lowest BCUT2D eigenvalue weighted by molar-refractivity contribution is -0.117. The monoisotopic (exact) mass is 451 g/mol. The van der Waals surface area contributed by atoms with Crippen LogP contribution in [0.15, 0.2) is 78.4 Å². The number of carbonyl (C=O) groups is 1. The van der Waals surface area contributed by atoms with Crippen molar-refractivity contribution in [2.75, 3.05) is 13.7 Å². The molecule has 0 atom stereocenters. The van der Waals surface area contributed by atoms with E-state index in [1.807, 2.05) is 48.5 Å². The molecule has 0 saturated carbocycles. The zero-order valence-electron chi connectivity index (χ0n) is 19.0. The Morgan fingerprint density at radius 1 is 1.00 bits per heavy atom. The van der Waals surface area contributed by atoms with Crippen molar-refractivity contribution in [3.05, 3.63) is 101 Å². The third-order valence-electron chi connectivity index (χ3n) is 5.16. The van der Waals surface area contributed by atoms with E-state index < -0.39 is 5.91 Å². The van der Waals surface area contributed by atoms with Crippen LogP contribution < -0.4 is 14.8 Å². The molecule has 0 fully saturated rings. The van der Waals surface area contributed by atoms with Crippen molar-refractivity contribution >= 4 is 12.0 Å². The molecule has 0 aromatic heterocycles. The number of aryl methyl sites for hydroxylation is 1. The summed E-state index contributed by atoms with van der Waals surface area (Å²) in [5, 5.41) is 21.5. The van der Waals surface area contributed by atoms with E-state index in [4.69, 9.17) is 9.47 Å². The van der Waals surface area contributed by atoms with E-state index in [9.17, 15) is 15.3 Å². The predicted molar refractivity (Wildman–Crippen MR) is 130 cm³/mol. The summed E-state index contributed by atoms with van der Waals surface area (Å²) < 4.78 is 11.3. The fourth-order valence-electron chi connectivity index (χ4n) is 3.35. The first-order valence-electron chi connectivity index (χ1n) is 10.9. The average Bonchev–Trinajstić information content (AvgIpc) is 2.89. The van der Waals surface area contributed by atoms with E-state index in [1.165, 1.54) is 18.7 Å². The summed E-state index contributed by atoms with van der Waals surface area (Å²) in [6, 6.07) is 26.5. The number of amides is 1. The van der Waals surface area contributed by atoms with Crippen molar-refractivity contribution < 1.29 is 14.3 Å². The van der Waals surface area contributed by atoms with E-state index >= 15 is 0 Å². The first kappa shape index (κ1) is 24.1. The van der Waals surface area contributed by atoms with E-state index in [0.29, 0.717) is 29.2 Å². The molecule has 1 N–H and O–H groups in total. The van der Waals surface area contributed by atoms with Crippen LogP contribution >= 0.6 is 0 Å². The van der Waals surface area contributed by atoms with Crippen LogP contribution in [0.3, 0.4) is 0 Å². The second-order valence-corrected chi connectivity index (χ2v) is 7.48. The number of rotatable bonds is 10. The van der Waals surface area contributed by atoms with Gasteiger partial charge in [0.05, 0.1) is 18.7 Å². The van der Waals surface area contributed by atoms with Gasteiger partial charge in [-0.25, -0.2) is 0 Å². The Morgan fingerprint density at radius 2 is 1.76 bits per heavy atom. The maximum atomic E-state index is 12.4. The van der Waals surface area contributed by atoms with Crippen molar-refractivity contribution in [2.45, 2.75) is 19.4 Å². The molecule has 6 heteroatoms. The molecule has 3 rings (SSSR count). The van der Waals surface area contributed by atoms with Crippen molar-refractivity contribution in [2.24, 2.45) is 0 Å². The molecular weight excluding hydrogens is 426 g/mol. The van der Waals surface area contributed by atoms with Gasteiger partial charge in [0, 0.05) is 12.1 Å². The molecule has 0 saturated heterocycles. The van der Waals surface area contributed by atoms with Crippen LogP contribution in [0.25, 0.3) is 6.08 Å². The summed E-state index contributed by atoms with van der Waals surface area (Å²) in [4.78, 5) is 12.4. The highest BCUT2D eigenvalue weighted by molar-refractivity contribution is 6.01. The Labute approximate surface area is 199 Å². The molecule has 0 bridgehead atoms. The molecular formula is C28H25N3O3. The zero-order chi connectivity index (χ0) is 24.2. The summed E-state index contributed by atoms with van der Waals surface area (Å²) >= 11 is 0. The molecule has 0 aliphatic heterocycles. The Kier molecular flexibility index (Phi) is 8.84. The second kappa shape index (κ2) is 12.5. The molecule has 3 aromatic carbocycles. The molecule has 1 amide bonds. The lowest BCUT2D eigenvalue weighted by Gasteiger charge is -2.12. The van der Waals surface area contributed by atoms with Gasteiger partial charge in [0.2, 0.25) is 0 Å². The highest BCUT2D eigenvalue weighted by atomic mass is 16.5. The number of methoxy groups -OCH3 is 1. The predicted octanol–water partition coefficient (Wildman–Crippen LogP) is 4.80. The van der Waals surface area contributed by atoms with Crippen LogP contribution in [-0.2, 0) is 17.8 Å². The minimum absolute atomic E-state index is 0.0124. The van der Waals surface area contributed by atoms with Gasteiger partial charge in [-0.05, 0) is 48.2 Å². The van der Waals surface area contributed by atoms with Crippen LogP contribution in [-0.4, -0.2) is 19.6 Å². The highest BCUT2D eigenvalue weighted by Gasteiger charge is 2.11. The van der Waals surface area contributed by atoms with Gasteiger partial charge >= 0.3 is 0 Å². The molecule has 0 aliphatic rings. The fourth-order valence-corrected chi connectivity index (χ4v) is 3.35. The number of nitriles is 2. The standard InChI is InChI=1S/C28H25N3O3/c1-33-27-17-22(13-14-26(27)34-20-24-12-6-5-11-23(24)18-29)16-25(19-30)28(32)31-15-7-10-21-8-3-2-4-9-21/h2-6,8-9,11-14,16-17H,7,10,15,20H2,1H3,(H,31,32)/b25-16-. The SMILES string of the molecule is COc1cc(/C=C(/C#N)C(=O)NCCCc2ccccc2)ccc1OCc1ccccc1C#N. The van der Waals surface area contributed by atoms with Crippen molar-refractivity contribution in [1.29, 1.82) is 10.5 Å². The Balaban J connectivity index is 1.62. The maximum Gasteiger partial charge on any atom is 0.261 e. The molecule has 0 heterocycles. The summed E-state index contributed by atoms with van der Waals surface area (Å²) in [5.41, 5.74) is 3.18. The van der Waals surface area contributed by atoms with Crippen LogP contribution in [0.1, 0.15) is 28.7 Å². The number of nitrogens with one attached hydrogen (secondary N) is 1. The number of ether oxygens (including phenoxy) is 2. The highest BCUT2D eigenvalue weighted by Crippen LogP contribution is 2.30. The molecule has 170 valence electrons. The third-order valence-corrected chi connectivity index (χ3v) is 5.16. The normalized spacial score (nSPS) is 10.6. The summed E-state index contributed by atoms with van der Waals surface area (Å²) in [6.45, 7) is 0.692. The number of benzene rings is 3. The topological polar surface area (TPSA) is 95.1 Å². The van der Waals surface area contributed by atoms with Gasteiger partial charge in [0.1, 0.15) is 18.2 Å². The van der Waals surface area contributed by atoms with Gasteiger partial charge in [-0.3, -0.25) is 4.79 Å². The van der Waals surface area contributed by atoms with Crippen molar-refractivity contribution in [1.82, 2.24) is 5.32 Å². The minimum atomic E-state index is -0.414. The molecule has 34 heavy (non-hydrogen) atoms. The lowest BCUT2D eigenvalue weighted by Crippen LogP contribution is -2.25.